The van der Waals surface area contributed by atoms with Crippen LogP contribution in [-0.2, 0) is 6.42 Å². The summed E-state index contributed by atoms with van der Waals surface area (Å²) in [7, 11) is 1.75. The molecule has 0 radical (unpaired) electrons. The summed E-state index contributed by atoms with van der Waals surface area (Å²) in [6.45, 7) is 4.58. The van der Waals surface area contributed by atoms with Crippen molar-refractivity contribution in [1.82, 2.24) is 5.32 Å². The number of methoxy groups -OCH3 is 1. The first-order chi connectivity index (χ1) is 9.74. The number of nitrogens with one attached hydrogen (secondary N) is 1. The Bertz CT molecular complexity index is 446. The fourth-order valence-corrected chi connectivity index (χ4v) is 4.10. The fourth-order valence-electron chi connectivity index (χ4n) is 4.10. The van der Waals surface area contributed by atoms with E-state index in [0.717, 1.165) is 24.1 Å². The second-order valence-electron chi connectivity index (χ2n) is 6.87. The number of ether oxygens (including phenoxy) is 1. The van der Waals surface area contributed by atoms with Crippen molar-refractivity contribution in [2.45, 2.75) is 39.0 Å². The quantitative estimate of drug-likeness (QED) is 0.766. The van der Waals surface area contributed by atoms with Gasteiger partial charge in [-0.3, -0.25) is 0 Å². The summed E-state index contributed by atoms with van der Waals surface area (Å²) >= 11 is 0. The van der Waals surface area contributed by atoms with Gasteiger partial charge in [-0.1, -0.05) is 19.1 Å². The lowest BCUT2D eigenvalue weighted by atomic mass is 9.77. The SMILES string of the molecule is CCCNCC1(Cc2cccc(OC)c2)CC2CC2C1. The van der Waals surface area contributed by atoms with E-state index in [2.05, 4.69) is 30.4 Å². The van der Waals surface area contributed by atoms with Crippen LogP contribution in [0.1, 0.15) is 38.2 Å². The topological polar surface area (TPSA) is 21.3 Å². The molecule has 2 nitrogen and oxygen atoms in total. The summed E-state index contributed by atoms with van der Waals surface area (Å²) in [5.74, 6) is 3.05. The Labute approximate surface area is 122 Å². The van der Waals surface area contributed by atoms with Gasteiger partial charge in [0.2, 0.25) is 0 Å². The highest BCUT2D eigenvalue weighted by Crippen LogP contribution is 2.60. The van der Waals surface area contributed by atoms with E-state index in [0.29, 0.717) is 5.41 Å². The molecule has 0 aromatic heterocycles. The average Bonchev–Trinajstić information content (AvgIpc) is 3.07. The molecule has 0 saturated heterocycles. The predicted octanol–water partition coefficient (Wildman–Crippen LogP) is 3.65. The van der Waals surface area contributed by atoms with Gasteiger partial charge in [0.25, 0.3) is 0 Å². The first-order valence-electron chi connectivity index (χ1n) is 8.08. The highest BCUT2D eigenvalue weighted by Gasteiger charge is 2.53. The average molecular weight is 273 g/mol. The van der Waals surface area contributed by atoms with Crippen LogP contribution in [0, 0.1) is 17.3 Å². The molecule has 0 spiro atoms. The van der Waals surface area contributed by atoms with E-state index in [1.165, 1.54) is 44.2 Å². The zero-order valence-electron chi connectivity index (χ0n) is 12.8. The van der Waals surface area contributed by atoms with Crippen LogP contribution in [0.15, 0.2) is 24.3 Å². The molecule has 0 bridgehead atoms. The molecule has 2 unspecified atom stereocenters. The number of benzene rings is 1. The summed E-state index contributed by atoms with van der Waals surface area (Å²) in [5.41, 5.74) is 1.93. The van der Waals surface area contributed by atoms with Crippen LogP contribution in [0.5, 0.6) is 5.75 Å². The minimum atomic E-state index is 0.495. The molecule has 0 aliphatic heterocycles. The first-order valence-corrected chi connectivity index (χ1v) is 8.08. The summed E-state index contributed by atoms with van der Waals surface area (Å²) in [6.07, 6.45) is 6.76. The third kappa shape index (κ3) is 3.01. The summed E-state index contributed by atoms with van der Waals surface area (Å²) < 4.78 is 5.37. The largest absolute Gasteiger partial charge is 0.497 e. The molecule has 1 aromatic rings. The zero-order valence-corrected chi connectivity index (χ0v) is 12.8. The monoisotopic (exact) mass is 273 g/mol. The van der Waals surface area contributed by atoms with Crippen LogP contribution in [0.25, 0.3) is 0 Å². The van der Waals surface area contributed by atoms with Gasteiger partial charge in [0.05, 0.1) is 7.11 Å². The maximum Gasteiger partial charge on any atom is 0.119 e. The van der Waals surface area contributed by atoms with Crippen molar-refractivity contribution in [3.05, 3.63) is 29.8 Å². The normalized spacial score (nSPS) is 31.1. The van der Waals surface area contributed by atoms with Crippen molar-refractivity contribution >= 4 is 0 Å². The van der Waals surface area contributed by atoms with Gasteiger partial charge in [-0.15, -0.1) is 0 Å². The number of hydrogen-bond acceptors (Lipinski definition) is 2. The minimum absolute atomic E-state index is 0.495. The van der Waals surface area contributed by atoms with Gasteiger partial charge in [-0.25, -0.2) is 0 Å². The van der Waals surface area contributed by atoms with Crippen molar-refractivity contribution in [2.75, 3.05) is 20.2 Å². The van der Waals surface area contributed by atoms with E-state index < -0.39 is 0 Å². The molecular formula is C18H27NO. The van der Waals surface area contributed by atoms with Crippen LogP contribution in [0.2, 0.25) is 0 Å². The highest BCUT2D eigenvalue weighted by molar-refractivity contribution is 5.29. The van der Waals surface area contributed by atoms with E-state index in [1.54, 1.807) is 7.11 Å². The number of fused-ring (bicyclic) bond motifs is 1. The Morgan fingerprint density at radius 3 is 2.80 bits per heavy atom. The van der Waals surface area contributed by atoms with Crippen molar-refractivity contribution < 1.29 is 4.74 Å². The number of hydrogen-bond donors (Lipinski definition) is 1. The van der Waals surface area contributed by atoms with E-state index in [4.69, 9.17) is 4.74 Å². The van der Waals surface area contributed by atoms with Crippen molar-refractivity contribution in [3.8, 4) is 5.75 Å². The van der Waals surface area contributed by atoms with Crippen LogP contribution in [0.3, 0.4) is 0 Å². The van der Waals surface area contributed by atoms with E-state index in [9.17, 15) is 0 Å². The van der Waals surface area contributed by atoms with Gasteiger partial charge in [0.15, 0.2) is 0 Å². The molecule has 2 aliphatic carbocycles. The summed E-state index contributed by atoms with van der Waals surface area (Å²) in [5, 5.41) is 3.68. The van der Waals surface area contributed by atoms with Crippen LogP contribution in [0.4, 0.5) is 0 Å². The molecule has 2 fully saturated rings. The van der Waals surface area contributed by atoms with Crippen molar-refractivity contribution in [2.24, 2.45) is 17.3 Å². The molecule has 3 rings (SSSR count). The van der Waals surface area contributed by atoms with E-state index in [-0.39, 0.29) is 0 Å². The lowest BCUT2D eigenvalue weighted by molar-refractivity contribution is 0.248. The van der Waals surface area contributed by atoms with Crippen LogP contribution >= 0.6 is 0 Å². The van der Waals surface area contributed by atoms with Crippen LogP contribution < -0.4 is 10.1 Å². The van der Waals surface area contributed by atoms with Gasteiger partial charge in [0, 0.05) is 6.54 Å². The third-order valence-corrected chi connectivity index (χ3v) is 5.10. The van der Waals surface area contributed by atoms with Gasteiger partial charge < -0.3 is 10.1 Å². The number of rotatable bonds is 7. The predicted molar refractivity (Wildman–Crippen MR) is 83.1 cm³/mol. The first kappa shape index (κ1) is 13.9. The molecule has 0 heterocycles. The fraction of sp³-hybridized carbons (Fsp3) is 0.667. The van der Waals surface area contributed by atoms with Gasteiger partial charge in [-0.05, 0) is 73.6 Å². The second kappa shape index (κ2) is 5.77. The summed E-state index contributed by atoms with van der Waals surface area (Å²) in [4.78, 5) is 0. The lowest BCUT2D eigenvalue weighted by Gasteiger charge is -2.32. The van der Waals surface area contributed by atoms with Crippen molar-refractivity contribution in [1.29, 1.82) is 0 Å². The molecule has 1 aromatic carbocycles. The Morgan fingerprint density at radius 2 is 2.10 bits per heavy atom. The molecule has 2 atom stereocenters. The third-order valence-electron chi connectivity index (χ3n) is 5.10. The molecule has 2 saturated carbocycles. The Hall–Kier alpha value is -1.02. The van der Waals surface area contributed by atoms with Crippen molar-refractivity contribution in [3.63, 3.8) is 0 Å². The molecule has 1 N–H and O–H groups in total. The molecule has 110 valence electrons. The minimum Gasteiger partial charge on any atom is -0.497 e. The maximum atomic E-state index is 5.37. The standard InChI is InChI=1S/C18H27NO/c1-3-7-19-13-18(11-15-9-16(15)12-18)10-14-5-4-6-17(8-14)20-2/h4-6,8,15-16,19H,3,7,9-13H2,1-2H3. The molecule has 0 amide bonds. The molecule has 2 aliphatic rings. The van der Waals surface area contributed by atoms with Gasteiger partial charge in [-0.2, -0.15) is 0 Å². The Balaban J connectivity index is 1.69. The molecule has 2 heteroatoms. The zero-order chi connectivity index (χ0) is 14.0. The second-order valence-corrected chi connectivity index (χ2v) is 6.87. The lowest BCUT2D eigenvalue weighted by Crippen LogP contribution is -2.35. The maximum absolute atomic E-state index is 5.37. The van der Waals surface area contributed by atoms with E-state index >= 15 is 0 Å². The summed E-state index contributed by atoms with van der Waals surface area (Å²) in [6, 6.07) is 8.63. The van der Waals surface area contributed by atoms with E-state index in [1.807, 2.05) is 6.07 Å². The Kier molecular flexibility index (Phi) is 4.02. The molecule has 20 heavy (non-hydrogen) atoms. The van der Waals surface area contributed by atoms with Gasteiger partial charge in [0.1, 0.15) is 5.75 Å². The molecular weight excluding hydrogens is 246 g/mol. The Morgan fingerprint density at radius 1 is 1.30 bits per heavy atom. The van der Waals surface area contributed by atoms with Gasteiger partial charge >= 0.3 is 0 Å². The highest BCUT2D eigenvalue weighted by atomic mass is 16.5. The van der Waals surface area contributed by atoms with Crippen LogP contribution in [-0.4, -0.2) is 20.2 Å². The smallest absolute Gasteiger partial charge is 0.119 e.